The Bertz CT molecular complexity index is 1080. The van der Waals surface area contributed by atoms with E-state index in [1.807, 2.05) is 50.2 Å². The second kappa shape index (κ2) is 6.68. The molecular formula is C19H17N5OS. The SMILES string of the molecule is CCn1ncc2c(C(=O)Nc3ncc(C)s3)cc(-c3ccccc3)nc21. The van der Waals surface area contributed by atoms with Gasteiger partial charge in [-0.3, -0.25) is 10.1 Å². The number of aromatic nitrogens is 4. The van der Waals surface area contributed by atoms with Crippen molar-refractivity contribution in [3.8, 4) is 11.3 Å². The molecule has 26 heavy (non-hydrogen) atoms. The van der Waals surface area contributed by atoms with Crippen LogP contribution in [-0.4, -0.2) is 25.7 Å². The lowest BCUT2D eigenvalue weighted by Gasteiger charge is -2.08. The summed E-state index contributed by atoms with van der Waals surface area (Å²) in [7, 11) is 0. The van der Waals surface area contributed by atoms with Crippen LogP contribution in [0.5, 0.6) is 0 Å². The first-order valence-electron chi connectivity index (χ1n) is 8.31. The number of carbonyl (C=O) groups is 1. The fourth-order valence-electron chi connectivity index (χ4n) is 2.80. The average Bonchev–Trinajstić information content (AvgIpc) is 3.27. The molecule has 3 heterocycles. The van der Waals surface area contributed by atoms with E-state index in [1.54, 1.807) is 17.1 Å². The summed E-state index contributed by atoms with van der Waals surface area (Å²) in [5.41, 5.74) is 2.95. The smallest absolute Gasteiger partial charge is 0.258 e. The van der Waals surface area contributed by atoms with Crippen molar-refractivity contribution in [2.45, 2.75) is 20.4 Å². The average molecular weight is 363 g/mol. The number of hydrogen-bond acceptors (Lipinski definition) is 5. The second-order valence-electron chi connectivity index (χ2n) is 5.85. The Morgan fingerprint density at radius 1 is 1.23 bits per heavy atom. The Labute approximate surface area is 154 Å². The number of nitrogens with zero attached hydrogens (tertiary/aromatic N) is 4. The molecule has 0 aliphatic carbocycles. The molecule has 1 N–H and O–H groups in total. The number of rotatable bonds is 4. The largest absolute Gasteiger partial charge is 0.298 e. The Kier molecular flexibility index (Phi) is 4.22. The molecule has 1 amide bonds. The van der Waals surface area contributed by atoms with Crippen molar-refractivity contribution in [1.29, 1.82) is 0 Å². The lowest BCUT2D eigenvalue weighted by atomic mass is 10.1. The summed E-state index contributed by atoms with van der Waals surface area (Å²) in [5.74, 6) is -0.209. The molecule has 0 bridgehead atoms. The van der Waals surface area contributed by atoms with Crippen molar-refractivity contribution < 1.29 is 4.79 Å². The van der Waals surface area contributed by atoms with Gasteiger partial charge in [-0.25, -0.2) is 14.6 Å². The minimum atomic E-state index is -0.209. The molecule has 130 valence electrons. The summed E-state index contributed by atoms with van der Waals surface area (Å²) < 4.78 is 1.80. The molecule has 6 nitrogen and oxygen atoms in total. The van der Waals surface area contributed by atoms with E-state index in [1.165, 1.54) is 11.3 Å². The molecule has 4 aromatic rings. The van der Waals surface area contributed by atoms with Crippen molar-refractivity contribution >= 4 is 33.4 Å². The number of amides is 1. The molecule has 0 saturated carbocycles. The number of nitrogens with one attached hydrogen (secondary N) is 1. The van der Waals surface area contributed by atoms with Crippen molar-refractivity contribution in [2.24, 2.45) is 0 Å². The van der Waals surface area contributed by atoms with Crippen LogP contribution in [0.4, 0.5) is 5.13 Å². The standard InChI is InChI=1S/C19H17N5OS/c1-3-24-17-15(11-21-24)14(18(25)23-19-20-10-12(2)26-19)9-16(22-17)13-7-5-4-6-8-13/h4-11H,3H2,1-2H3,(H,20,23,25). The summed E-state index contributed by atoms with van der Waals surface area (Å²) >= 11 is 1.45. The predicted molar refractivity (Wildman–Crippen MR) is 103 cm³/mol. The zero-order valence-corrected chi connectivity index (χ0v) is 15.2. The Morgan fingerprint density at radius 3 is 2.73 bits per heavy atom. The molecule has 0 aliphatic rings. The number of pyridine rings is 1. The van der Waals surface area contributed by atoms with Gasteiger partial charge >= 0.3 is 0 Å². The van der Waals surface area contributed by atoms with Gasteiger partial charge in [0.25, 0.3) is 5.91 Å². The number of carbonyl (C=O) groups excluding carboxylic acids is 1. The third-order valence-electron chi connectivity index (χ3n) is 4.06. The van der Waals surface area contributed by atoms with Gasteiger partial charge in [0.05, 0.1) is 22.8 Å². The summed E-state index contributed by atoms with van der Waals surface area (Å²) in [6.45, 7) is 4.64. The van der Waals surface area contributed by atoms with Crippen LogP contribution in [-0.2, 0) is 6.54 Å². The number of thiazole rings is 1. The molecule has 0 radical (unpaired) electrons. The van der Waals surface area contributed by atoms with Crippen molar-refractivity contribution in [3.63, 3.8) is 0 Å². The van der Waals surface area contributed by atoms with Crippen LogP contribution in [0.2, 0.25) is 0 Å². The summed E-state index contributed by atoms with van der Waals surface area (Å²) in [5, 5.41) is 8.56. The van der Waals surface area contributed by atoms with Gasteiger partial charge in [-0.1, -0.05) is 30.3 Å². The maximum atomic E-state index is 12.9. The highest BCUT2D eigenvalue weighted by atomic mass is 32.1. The van der Waals surface area contributed by atoms with Crippen molar-refractivity contribution in [2.75, 3.05) is 5.32 Å². The van der Waals surface area contributed by atoms with E-state index < -0.39 is 0 Å². The highest BCUT2D eigenvalue weighted by Gasteiger charge is 2.18. The second-order valence-corrected chi connectivity index (χ2v) is 7.08. The van der Waals surface area contributed by atoms with Gasteiger partial charge in [-0.2, -0.15) is 5.10 Å². The third-order valence-corrected chi connectivity index (χ3v) is 4.89. The normalized spacial score (nSPS) is 11.0. The van der Waals surface area contributed by atoms with Crippen LogP contribution in [0.3, 0.4) is 0 Å². The third kappa shape index (κ3) is 2.97. The van der Waals surface area contributed by atoms with Crippen molar-refractivity contribution in [3.05, 3.63) is 59.2 Å². The maximum Gasteiger partial charge on any atom is 0.258 e. The predicted octanol–water partition coefficient (Wildman–Crippen LogP) is 4.14. The van der Waals surface area contributed by atoms with Gasteiger partial charge in [-0.05, 0) is 19.9 Å². The van der Waals surface area contributed by atoms with Crippen LogP contribution in [0, 0.1) is 6.92 Å². The van der Waals surface area contributed by atoms with Crippen LogP contribution >= 0.6 is 11.3 Å². The minimum absolute atomic E-state index is 0.209. The van der Waals surface area contributed by atoms with E-state index in [4.69, 9.17) is 4.98 Å². The summed E-state index contributed by atoms with van der Waals surface area (Å²) in [4.78, 5) is 22.9. The molecule has 1 aromatic carbocycles. The van der Waals surface area contributed by atoms with E-state index in [2.05, 4.69) is 15.4 Å². The lowest BCUT2D eigenvalue weighted by molar-refractivity contribution is 0.102. The molecule has 0 unspecified atom stereocenters. The van der Waals surface area contributed by atoms with Gasteiger partial charge in [0.15, 0.2) is 10.8 Å². The molecule has 0 spiro atoms. The van der Waals surface area contributed by atoms with Crippen LogP contribution < -0.4 is 5.32 Å². The molecule has 0 atom stereocenters. The first-order valence-corrected chi connectivity index (χ1v) is 9.13. The van der Waals surface area contributed by atoms with E-state index in [-0.39, 0.29) is 5.91 Å². The van der Waals surface area contributed by atoms with Crippen LogP contribution in [0.25, 0.3) is 22.3 Å². The highest BCUT2D eigenvalue weighted by Crippen LogP contribution is 2.26. The van der Waals surface area contributed by atoms with Gasteiger partial charge in [0, 0.05) is 23.2 Å². The molecule has 0 saturated heterocycles. The molecule has 4 rings (SSSR count). The summed E-state index contributed by atoms with van der Waals surface area (Å²) in [6, 6.07) is 11.6. The molecular weight excluding hydrogens is 346 g/mol. The minimum Gasteiger partial charge on any atom is -0.298 e. The fourth-order valence-corrected chi connectivity index (χ4v) is 3.46. The Hall–Kier alpha value is -3.06. The van der Waals surface area contributed by atoms with Crippen LogP contribution in [0.15, 0.2) is 48.8 Å². The maximum absolute atomic E-state index is 12.9. The highest BCUT2D eigenvalue weighted by molar-refractivity contribution is 7.15. The number of benzene rings is 1. The van der Waals surface area contributed by atoms with Gasteiger partial charge in [0.2, 0.25) is 0 Å². The molecule has 0 fully saturated rings. The number of fused-ring (bicyclic) bond motifs is 1. The van der Waals surface area contributed by atoms with Gasteiger partial charge < -0.3 is 0 Å². The lowest BCUT2D eigenvalue weighted by Crippen LogP contribution is -2.13. The monoisotopic (exact) mass is 363 g/mol. The van der Waals surface area contributed by atoms with E-state index >= 15 is 0 Å². The molecule has 3 aromatic heterocycles. The first-order chi connectivity index (χ1) is 12.7. The van der Waals surface area contributed by atoms with Crippen LogP contribution in [0.1, 0.15) is 22.2 Å². The molecule has 0 aliphatic heterocycles. The van der Waals surface area contributed by atoms with Gasteiger partial charge in [-0.15, -0.1) is 11.3 Å². The number of anilines is 1. The van der Waals surface area contributed by atoms with E-state index in [9.17, 15) is 4.79 Å². The zero-order valence-electron chi connectivity index (χ0n) is 14.4. The molecule has 7 heteroatoms. The Balaban J connectivity index is 1.84. The van der Waals surface area contributed by atoms with Crippen molar-refractivity contribution in [1.82, 2.24) is 19.7 Å². The van der Waals surface area contributed by atoms with E-state index in [0.717, 1.165) is 21.5 Å². The van der Waals surface area contributed by atoms with E-state index in [0.29, 0.717) is 22.9 Å². The topological polar surface area (TPSA) is 72.7 Å². The zero-order chi connectivity index (χ0) is 18.1. The number of aryl methyl sites for hydroxylation is 2. The fraction of sp³-hybridized carbons (Fsp3) is 0.158. The first kappa shape index (κ1) is 16.4. The van der Waals surface area contributed by atoms with Gasteiger partial charge in [0.1, 0.15) is 0 Å². The quantitative estimate of drug-likeness (QED) is 0.591. The Morgan fingerprint density at radius 2 is 2.04 bits per heavy atom. The summed E-state index contributed by atoms with van der Waals surface area (Å²) in [6.07, 6.45) is 3.44. The number of hydrogen-bond donors (Lipinski definition) is 1.